The lowest BCUT2D eigenvalue weighted by Gasteiger charge is -2.14. The number of nitrogens with one attached hydrogen (secondary N) is 3. The lowest BCUT2D eigenvalue weighted by Crippen LogP contribution is -2.27. The zero-order chi connectivity index (χ0) is 28.1. The van der Waals surface area contributed by atoms with Crippen LogP contribution in [0.1, 0.15) is 40.4 Å². The number of pyridine rings is 3. The largest absolute Gasteiger partial charge is 0.481 e. The molecule has 0 saturated carbocycles. The van der Waals surface area contributed by atoms with E-state index in [1.165, 1.54) is 0 Å². The van der Waals surface area contributed by atoms with Gasteiger partial charge >= 0.3 is 0 Å². The van der Waals surface area contributed by atoms with E-state index in [-0.39, 0.29) is 23.3 Å². The average Bonchev–Trinajstić information content (AvgIpc) is 3.44. The molecule has 5 aromatic heterocycles. The molecule has 198 valence electrons. The number of nitriles is 1. The third-order valence-corrected chi connectivity index (χ3v) is 5.94. The second kappa shape index (κ2) is 11.4. The van der Waals surface area contributed by atoms with Gasteiger partial charge in [0.05, 0.1) is 18.8 Å². The summed E-state index contributed by atoms with van der Waals surface area (Å²) in [6.07, 6.45) is 4.98. The van der Waals surface area contributed by atoms with Crippen molar-refractivity contribution in [3.05, 3.63) is 89.8 Å². The maximum absolute atomic E-state index is 12.9. The van der Waals surface area contributed by atoms with E-state index in [0.29, 0.717) is 28.9 Å². The molecule has 1 amide bonds. The second-order valence-corrected chi connectivity index (χ2v) is 8.82. The summed E-state index contributed by atoms with van der Waals surface area (Å²) >= 11 is 0. The van der Waals surface area contributed by atoms with Gasteiger partial charge in [0, 0.05) is 53.6 Å². The van der Waals surface area contributed by atoms with Gasteiger partial charge in [-0.25, -0.2) is 15.0 Å². The SMILES string of the molecule is COc1ccc(-c2ccc(C(C)NC(=O)c3ccc(-c4nc(C)cc(Nc5cc(C#N)n[nH]5)n4)cn3)cn2)cn1. The Hall–Kier alpha value is -5.70. The van der Waals surface area contributed by atoms with E-state index in [2.05, 4.69) is 45.8 Å². The molecule has 12 nitrogen and oxygen atoms in total. The number of anilines is 2. The molecular weight excluding hydrogens is 508 g/mol. The van der Waals surface area contributed by atoms with E-state index in [0.717, 1.165) is 22.5 Å². The van der Waals surface area contributed by atoms with Crippen LogP contribution < -0.4 is 15.4 Å². The van der Waals surface area contributed by atoms with E-state index in [1.54, 1.807) is 56.0 Å². The van der Waals surface area contributed by atoms with Gasteiger partial charge < -0.3 is 15.4 Å². The van der Waals surface area contributed by atoms with E-state index in [1.807, 2.05) is 38.1 Å². The van der Waals surface area contributed by atoms with Crippen LogP contribution in [0.5, 0.6) is 5.88 Å². The molecule has 12 heteroatoms. The fraction of sp³-hybridized carbons (Fsp3) is 0.143. The standard InChI is InChI=1S/C28H24N10O2/c1-16-10-24(35-25-11-21(12-29)37-38-25)36-27(33-16)20-5-8-23(31-15-20)28(39)34-17(2)18-4-7-22(30-13-18)19-6-9-26(40-3)32-14-19/h4-11,13-15,17H,1-3H3,(H,34,39)(H2,33,35,36,37,38). The summed E-state index contributed by atoms with van der Waals surface area (Å²) in [6, 6.07) is 15.9. The van der Waals surface area contributed by atoms with Crippen LogP contribution in [-0.4, -0.2) is 48.1 Å². The number of aryl methyl sites for hydroxylation is 1. The van der Waals surface area contributed by atoms with Gasteiger partial charge in [-0.15, -0.1) is 0 Å². The molecule has 0 aliphatic rings. The molecule has 0 fully saturated rings. The van der Waals surface area contributed by atoms with Gasteiger partial charge in [-0.2, -0.15) is 10.4 Å². The van der Waals surface area contributed by atoms with Crippen molar-refractivity contribution in [1.82, 2.24) is 40.4 Å². The van der Waals surface area contributed by atoms with Gasteiger partial charge in [0.1, 0.15) is 23.4 Å². The van der Waals surface area contributed by atoms with Crippen LogP contribution in [0.25, 0.3) is 22.6 Å². The van der Waals surface area contributed by atoms with E-state index in [9.17, 15) is 4.79 Å². The van der Waals surface area contributed by atoms with Crippen molar-refractivity contribution in [3.63, 3.8) is 0 Å². The fourth-order valence-corrected chi connectivity index (χ4v) is 3.84. The highest BCUT2D eigenvalue weighted by Crippen LogP contribution is 2.22. The van der Waals surface area contributed by atoms with E-state index >= 15 is 0 Å². The second-order valence-electron chi connectivity index (χ2n) is 8.82. The number of nitrogens with zero attached hydrogens (tertiary/aromatic N) is 7. The molecule has 5 aromatic rings. The Kier molecular flexibility index (Phi) is 7.36. The predicted octanol–water partition coefficient (Wildman–Crippen LogP) is 4.14. The molecular formula is C28H24N10O2. The highest BCUT2D eigenvalue weighted by molar-refractivity contribution is 5.92. The van der Waals surface area contributed by atoms with Crippen molar-refractivity contribution in [2.75, 3.05) is 12.4 Å². The zero-order valence-corrected chi connectivity index (χ0v) is 21.9. The van der Waals surface area contributed by atoms with Crippen LogP contribution in [0.3, 0.4) is 0 Å². The number of methoxy groups -OCH3 is 1. The number of hydrogen-bond acceptors (Lipinski definition) is 10. The topological polar surface area (TPSA) is 167 Å². The number of carbonyl (C=O) groups excluding carboxylic acids is 1. The highest BCUT2D eigenvalue weighted by atomic mass is 16.5. The summed E-state index contributed by atoms with van der Waals surface area (Å²) in [6.45, 7) is 3.72. The minimum atomic E-state index is -0.317. The third kappa shape index (κ3) is 5.89. The third-order valence-electron chi connectivity index (χ3n) is 5.94. The summed E-state index contributed by atoms with van der Waals surface area (Å²) in [5.74, 6) is 1.71. The van der Waals surface area contributed by atoms with Crippen LogP contribution in [0, 0.1) is 18.3 Å². The number of amides is 1. The lowest BCUT2D eigenvalue weighted by molar-refractivity contribution is 0.0935. The molecule has 0 saturated heterocycles. The Morgan fingerprint density at radius 1 is 1.00 bits per heavy atom. The van der Waals surface area contributed by atoms with Crippen LogP contribution in [0.2, 0.25) is 0 Å². The molecule has 0 aromatic carbocycles. The molecule has 0 aliphatic heterocycles. The molecule has 0 radical (unpaired) electrons. The van der Waals surface area contributed by atoms with E-state index < -0.39 is 0 Å². The average molecular weight is 533 g/mol. The Labute approximate surface area is 229 Å². The van der Waals surface area contributed by atoms with Gasteiger partial charge in [0.2, 0.25) is 5.88 Å². The van der Waals surface area contributed by atoms with Gasteiger partial charge in [-0.1, -0.05) is 6.07 Å². The van der Waals surface area contributed by atoms with Crippen LogP contribution in [0.15, 0.2) is 67.1 Å². The Morgan fingerprint density at radius 3 is 2.48 bits per heavy atom. The van der Waals surface area contributed by atoms with Crippen molar-refractivity contribution >= 4 is 17.5 Å². The number of carbonyl (C=O) groups is 1. The molecule has 0 aliphatic carbocycles. The lowest BCUT2D eigenvalue weighted by atomic mass is 10.1. The van der Waals surface area contributed by atoms with E-state index in [4.69, 9.17) is 10.00 Å². The number of rotatable bonds is 8. The minimum absolute atomic E-state index is 0.261. The number of aromatic amines is 1. The molecule has 40 heavy (non-hydrogen) atoms. The van der Waals surface area contributed by atoms with Crippen molar-refractivity contribution in [2.45, 2.75) is 19.9 Å². The first-order valence-corrected chi connectivity index (χ1v) is 12.2. The Bertz CT molecular complexity index is 1670. The van der Waals surface area contributed by atoms with Crippen LogP contribution >= 0.6 is 0 Å². The van der Waals surface area contributed by atoms with Gasteiger partial charge in [0.25, 0.3) is 5.91 Å². The predicted molar refractivity (Wildman–Crippen MR) is 146 cm³/mol. The molecule has 5 rings (SSSR count). The molecule has 1 unspecified atom stereocenters. The van der Waals surface area contributed by atoms with Crippen molar-refractivity contribution in [3.8, 4) is 34.6 Å². The summed E-state index contributed by atoms with van der Waals surface area (Å²) in [7, 11) is 1.57. The molecule has 0 bridgehead atoms. The monoisotopic (exact) mass is 532 g/mol. The van der Waals surface area contributed by atoms with Crippen molar-refractivity contribution in [2.24, 2.45) is 0 Å². The van der Waals surface area contributed by atoms with Crippen molar-refractivity contribution < 1.29 is 9.53 Å². The van der Waals surface area contributed by atoms with Gasteiger partial charge in [0.15, 0.2) is 11.5 Å². The minimum Gasteiger partial charge on any atom is -0.481 e. The molecule has 0 spiro atoms. The Morgan fingerprint density at radius 2 is 1.82 bits per heavy atom. The van der Waals surface area contributed by atoms with Gasteiger partial charge in [-0.3, -0.25) is 19.9 Å². The highest BCUT2D eigenvalue weighted by Gasteiger charge is 2.15. The first-order valence-electron chi connectivity index (χ1n) is 12.2. The molecule has 3 N–H and O–H groups in total. The summed E-state index contributed by atoms with van der Waals surface area (Å²) in [5, 5.41) is 21.6. The molecule has 5 heterocycles. The quantitative estimate of drug-likeness (QED) is 0.264. The fourth-order valence-electron chi connectivity index (χ4n) is 3.84. The van der Waals surface area contributed by atoms with Crippen molar-refractivity contribution in [1.29, 1.82) is 5.26 Å². The van der Waals surface area contributed by atoms with Gasteiger partial charge in [-0.05, 0) is 43.7 Å². The summed E-state index contributed by atoms with van der Waals surface area (Å²) in [4.78, 5) is 34.9. The summed E-state index contributed by atoms with van der Waals surface area (Å²) < 4.78 is 5.09. The zero-order valence-electron chi connectivity index (χ0n) is 21.9. The number of hydrogen-bond donors (Lipinski definition) is 3. The number of H-pyrrole nitrogens is 1. The first kappa shape index (κ1) is 25.9. The maximum atomic E-state index is 12.9. The first-order chi connectivity index (χ1) is 19.4. The normalized spacial score (nSPS) is 11.3. The smallest absolute Gasteiger partial charge is 0.270 e. The number of ether oxygens (including phenoxy) is 1. The maximum Gasteiger partial charge on any atom is 0.270 e. The number of aromatic nitrogens is 7. The Balaban J connectivity index is 1.24. The molecule has 1 atom stereocenters. The van der Waals surface area contributed by atoms with Crippen LogP contribution in [-0.2, 0) is 0 Å². The summed E-state index contributed by atoms with van der Waals surface area (Å²) in [5.41, 5.74) is 4.38. The van der Waals surface area contributed by atoms with Crippen LogP contribution in [0.4, 0.5) is 11.6 Å².